The Morgan fingerprint density at radius 1 is 0.913 bits per heavy atom. The van der Waals surface area contributed by atoms with E-state index in [1.807, 2.05) is 30.3 Å². The molecule has 0 saturated heterocycles. The first-order valence-corrected chi connectivity index (χ1v) is 9.22. The zero-order chi connectivity index (χ0) is 16.5. The maximum atomic E-state index is 6.41. The molecule has 23 heavy (non-hydrogen) atoms. The van der Waals surface area contributed by atoms with Crippen molar-refractivity contribution < 1.29 is 9.47 Å². The Kier molecular flexibility index (Phi) is 7.84. The van der Waals surface area contributed by atoms with Crippen LogP contribution in [0, 0.1) is 0 Å². The minimum Gasteiger partial charge on any atom is -0.493 e. The maximum absolute atomic E-state index is 6.41. The number of hydrogen-bond acceptors (Lipinski definition) is 2. The van der Waals surface area contributed by atoms with E-state index in [2.05, 4.69) is 6.92 Å². The molecule has 0 N–H and O–H groups in total. The van der Waals surface area contributed by atoms with E-state index >= 15 is 0 Å². The fourth-order valence-electron chi connectivity index (χ4n) is 2.49. The molecule has 0 bridgehead atoms. The molecule has 0 aromatic heterocycles. The average Bonchev–Trinajstić information content (AvgIpc) is 2.57. The van der Waals surface area contributed by atoms with Gasteiger partial charge in [0.15, 0.2) is 0 Å². The molecule has 0 amide bonds. The number of ether oxygens (including phenoxy) is 2. The third-order valence-electron chi connectivity index (χ3n) is 3.65. The highest BCUT2D eigenvalue weighted by atomic mass is 35.5. The summed E-state index contributed by atoms with van der Waals surface area (Å²) in [4.78, 5) is 0. The van der Waals surface area contributed by atoms with Crippen molar-refractivity contribution in [2.45, 2.75) is 39.0 Å². The fourth-order valence-corrected chi connectivity index (χ4v) is 2.93. The van der Waals surface area contributed by atoms with Gasteiger partial charge in [-0.3, -0.25) is 0 Å². The van der Waals surface area contributed by atoms with Gasteiger partial charge in [-0.15, -0.1) is 11.6 Å². The van der Waals surface area contributed by atoms with Crippen molar-refractivity contribution >= 4 is 34.0 Å². The largest absolute Gasteiger partial charge is 0.493 e. The Hall–Kier alpha value is -1.12. The van der Waals surface area contributed by atoms with Gasteiger partial charge in [-0.05, 0) is 19.3 Å². The van der Waals surface area contributed by atoms with Crippen LogP contribution in [0.15, 0.2) is 30.3 Å². The molecule has 0 fully saturated rings. The second-order valence-electron chi connectivity index (χ2n) is 5.53. The fraction of sp³-hybridized carbons (Fsp3) is 0.474. The second-order valence-corrected chi connectivity index (χ2v) is 6.32. The molecule has 126 valence electrons. The van der Waals surface area contributed by atoms with Gasteiger partial charge >= 0.3 is 0 Å². The Balaban J connectivity index is 2.11. The van der Waals surface area contributed by atoms with Gasteiger partial charge in [-0.1, -0.05) is 55.6 Å². The van der Waals surface area contributed by atoms with Crippen molar-refractivity contribution in [2.75, 3.05) is 19.1 Å². The molecule has 0 radical (unpaired) electrons. The molecule has 2 rings (SSSR count). The van der Waals surface area contributed by atoms with Crippen LogP contribution in [0.3, 0.4) is 0 Å². The smallest absolute Gasteiger partial charge is 0.145 e. The number of hydrogen-bond donors (Lipinski definition) is 0. The van der Waals surface area contributed by atoms with Gasteiger partial charge in [0, 0.05) is 22.7 Å². The number of fused-ring (bicyclic) bond motifs is 1. The summed E-state index contributed by atoms with van der Waals surface area (Å²) < 4.78 is 11.8. The highest BCUT2D eigenvalue weighted by molar-refractivity contribution is 6.33. The van der Waals surface area contributed by atoms with Crippen LogP contribution in [0.5, 0.6) is 11.5 Å². The molecule has 2 nitrogen and oxygen atoms in total. The first kappa shape index (κ1) is 18.2. The van der Waals surface area contributed by atoms with Crippen molar-refractivity contribution in [2.24, 2.45) is 0 Å². The van der Waals surface area contributed by atoms with Crippen molar-refractivity contribution in [1.29, 1.82) is 0 Å². The summed E-state index contributed by atoms with van der Waals surface area (Å²) in [5, 5.41) is 2.66. The number of halogens is 2. The summed E-state index contributed by atoms with van der Waals surface area (Å²) in [5.74, 6) is 2.31. The van der Waals surface area contributed by atoms with Crippen molar-refractivity contribution in [3.63, 3.8) is 0 Å². The minimum absolute atomic E-state index is 0.606. The molecule has 2 aromatic rings. The van der Waals surface area contributed by atoms with Crippen LogP contribution in [0.25, 0.3) is 10.8 Å². The molecule has 0 atom stereocenters. The molecule has 0 aliphatic heterocycles. The topological polar surface area (TPSA) is 18.5 Å². The molecule has 0 aliphatic rings. The minimum atomic E-state index is 0.606. The molecule has 4 heteroatoms. The zero-order valence-corrected chi connectivity index (χ0v) is 15.1. The van der Waals surface area contributed by atoms with Gasteiger partial charge in [0.2, 0.25) is 0 Å². The van der Waals surface area contributed by atoms with E-state index in [1.165, 1.54) is 0 Å². The van der Waals surface area contributed by atoms with Gasteiger partial charge in [-0.25, -0.2) is 0 Å². The summed E-state index contributed by atoms with van der Waals surface area (Å²) >= 11 is 12.1. The van der Waals surface area contributed by atoms with Crippen LogP contribution in [0.1, 0.15) is 39.0 Å². The molecule has 0 aliphatic carbocycles. The van der Waals surface area contributed by atoms with E-state index in [1.54, 1.807) is 0 Å². The predicted molar refractivity (Wildman–Crippen MR) is 99.4 cm³/mol. The van der Waals surface area contributed by atoms with Crippen LogP contribution < -0.4 is 9.47 Å². The number of rotatable bonds is 10. The lowest BCUT2D eigenvalue weighted by molar-refractivity contribution is 0.306. The lowest BCUT2D eigenvalue weighted by atomic mass is 10.1. The number of benzene rings is 2. The monoisotopic (exact) mass is 354 g/mol. The normalized spacial score (nSPS) is 10.9. The van der Waals surface area contributed by atoms with E-state index in [-0.39, 0.29) is 0 Å². The lowest BCUT2D eigenvalue weighted by Crippen LogP contribution is -2.00. The van der Waals surface area contributed by atoms with Crippen LogP contribution in [-0.2, 0) is 0 Å². The first-order valence-electron chi connectivity index (χ1n) is 8.30. The predicted octanol–water partition coefficient (Wildman–Crippen LogP) is 6.46. The average molecular weight is 355 g/mol. The van der Waals surface area contributed by atoms with Crippen molar-refractivity contribution in [3.05, 3.63) is 35.4 Å². The highest BCUT2D eigenvalue weighted by Gasteiger charge is 2.12. The second kappa shape index (κ2) is 9.89. The van der Waals surface area contributed by atoms with E-state index in [0.29, 0.717) is 18.2 Å². The molecular weight excluding hydrogens is 331 g/mol. The Morgan fingerprint density at radius 3 is 2.39 bits per heavy atom. The first-order chi connectivity index (χ1) is 11.3. The molecule has 0 unspecified atom stereocenters. The standard InChI is InChI=1S/C19H24Cl2O2/c1-2-12-23-19-16-10-6-5-9-15(16)18(14-17(19)21)22-13-8-4-3-7-11-20/h5-6,9-10,14H,2-4,7-8,11-13H2,1H3. The summed E-state index contributed by atoms with van der Waals surface area (Å²) in [6.45, 7) is 3.43. The molecule has 0 heterocycles. The Bertz CT molecular complexity index is 614. The highest BCUT2D eigenvalue weighted by Crippen LogP contribution is 2.39. The summed E-state index contributed by atoms with van der Waals surface area (Å²) in [6.07, 6.45) is 5.33. The van der Waals surface area contributed by atoms with E-state index < -0.39 is 0 Å². The zero-order valence-electron chi connectivity index (χ0n) is 13.6. The molecular formula is C19H24Cl2O2. The van der Waals surface area contributed by atoms with Crippen molar-refractivity contribution in [1.82, 2.24) is 0 Å². The van der Waals surface area contributed by atoms with Gasteiger partial charge in [-0.2, -0.15) is 0 Å². The van der Waals surface area contributed by atoms with Gasteiger partial charge in [0.25, 0.3) is 0 Å². The van der Waals surface area contributed by atoms with Gasteiger partial charge in [0.1, 0.15) is 11.5 Å². The Labute approximate surface area is 148 Å². The molecule has 0 spiro atoms. The van der Waals surface area contributed by atoms with E-state index in [0.717, 1.165) is 60.3 Å². The van der Waals surface area contributed by atoms with Crippen LogP contribution in [0.2, 0.25) is 5.02 Å². The van der Waals surface area contributed by atoms with E-state index in [4.69, 9.17) is 32.7 Å². The lowest BCUT2D eigenvalue weighted by Gasteiger charge is -2.15. The summed E-state index contributed by atoms with van der Waals surface area (Å²) in [5.41, 5.74) is 0. The van der Waals surface area contributed by atoms with Crippen molar-refractivity contribution in [3.8, 4) is 11.5 Å². The summed E-state index contributed by atoms with van der Waals surface area (Å²) in [7, 11) is 0. The van der Waals surface area contributed by atoms with E-state index in [9.17, 15) is 0 Å². The molecule has 2 aromatic carbocycles. The summed E-state index contributed by atoms with van der Waals surface area (Å²) in [6, 6.07) is 9.95. The maximum Gasteiger partial charge on any atom is 0.145 e. The third-order valence-corrected chi connectivity index (χ3v) is 4.20. The van der Waals surface area contributed by atoms with Gasteiger partial charge < -0.3 is 9.47 Å². The third kappa shape index (κ3) is 5.19. The SMILES string of the molecule is CCCOc1c(Cl)cc(OCCCCCCCl)c2ccccc12. The van der Waals surface area contributed by atoms with Crippen LogP contribution in [0.4, 0.5) is 0 Å². The Morgan fingerprint density at radius 2 is 1.65 bits per heavy atom. The number of alkyl halides is 1. The van der Waals surface area contributed by atoms with Crippen LogP contribution >= 0.6 is 23.2 Å². The molecule has 0 saturated carbocycles. The van der Waals surface area contributed by atoms with Gasteiger partial charge in [0.05, 0.1) is 18.2 Å². The number of unbranched alkanes of at least 4 members (excludes halogenated alkanes) is 3. The van der Waals surface area contributed by atoms with Crippen LogP contribution in [-0.4, -0.2) is 19.1 Å². The quantitative estimate of drug-likeness (QED) is 0.360.